The number of carbonyl (C=O) groups excluding carboxylic acids is 1. The van der Waals surface area contributed by atoms with Gasteiger partial charge in [0.1, 0.15) is 0 Å². The second kappa shape index (κ2) is 5.81. The van der Waals surface area contributed by atoms with Crippen LogP contribution in [0.3, 0.4) is 0 Å². The Morgan fingerprint density at radius 1 is 1.26 bits per heavy atom. The fourth-order valence-corrected chi connectivity index (χ4v) is 4.13. The van der Waals surface area contributed by atoms with Crippen LogP contribution in [0, 0.1) is 5.92 Å². The van der Waals surface area contributed by atoms with E-state index in [-0.39, 0.29) is 6.03 Å². The van der Waals surface area contributed by atoms with Gasteiger partial charge in [-0.05, 0) is 50.0 Å². The zero-order chi connectivity index (χ0) is 15.8. The summed E-state index contributed by atoms with van der Waals surface area (Å²) in [6.45, 7) is 3.44. The molecule has 5 rings (SSSR count). The molecule has 2 aromatic heterocycles. The van der Waals surface area contributed by atoms with Crippen LogP contribution in [0.25, 0.3) is 11.3 Å². The molecule has 1 amide bonds. The lowest BCUT2D eigenvalue weighted by Crippen LogP contribution is -2.47. The number of hydrogen-bond donors (Lipinski definition) is 1. The molecular formula is C18H22N4O. The van der Waals surface area contributed by atoms with E-state index in [1.165, 1.54) is 25.9 Å². The predicted molar refractivity (Wildman–Crippen MR) is 89.4 cm³/mol. The summed E-state index contributed by atoms with van der Waals surface area (Å²) >= 11 is 0. The molecule has 0 saturated carbocycles. The molecule has 3 saturated heterocycles. The quantitative estimate of drug-likeness (QED) is 0.927. The minimum absolute atomic E-state index is 0.0707. The molecule has 3 aliphatic heterocycles. The first-order valence-corrected chi connectivity index (χ1v) is 8.35. The zero-order valence-electron chi connectivity index (χ0n) is 13.4. The Morgan fingerprint density at radius 2 is 2.09 bits per heavy atom. The first-order valence-electron chi connectivity index (χ1n) is 8.35. The normalized spacial score (nSPS) is 26.2. The van der Waals surface area contributed by atoms with Crippen molar-refractivity contribution in [1.29, 1.82) is 0 Å². The number of carbonyl (C=O) groups is 1. The van der Waals surface area contributed by atoms with Crippen molar-refractivity contribution in [3.63, 3.8) is 0 Å². The summed E-state index contributed by atoms with van der Waals surface area (Å²) in [6, 6.07) is 7.91. The number of aromatic nitrogens is 2. The van der Waals surface area contributed by atoms with Gasteiger partial charge in [0.05, 0.1) is 5.69 Å². The first-order chi connectivity index (χ1) is 11.3. The zero-order valence-corrected chi connectivity index (χ0v) is 13.4. The van der Waals surface area contributed by atoms with Gasteiger partial charge in [0.2, 0.25) is 0 Å². The number of nitrogens with zero attached hydrogens (tertiary/aromatic N) is 3. The van der Waals surface area contributed by atoms with Gasteiger partial charge in [-0.1, -0.05) is 6.07 Å². The van der Waals surface area contributed by atoms with Crippen LogP contribution in [0.2, 0.25) is 0 Å². The summed E-state index contributed by atoms with van der Waals surface area (Å²) in [5.41, 5.74) is 3.16. The number of amides is 1. The van der Waals surface area contributed by atoms with E-state index in [2.05, 4.69) is 15.2 Å². The fraction of sp³-hybridized carbons (Fsp3) is 0.444. The number of fused-ring (bicyclic) bond motifs is 3. The third-order valence-corrected chi connectivity index (χ3v) is 5.31. The number of pyridine rings is 1. The number of rotatable bonds is 2. The van der Waals surface area contributed by atoms with Gasteiger partial charge in [-0.2, -0.15) is 0 Å². The SMILES string of the molecule is CNC(=O)n1ccc(-c2ccccn2)c1C1CN2CCC1CC2. The molecule has 0 radical (unpaired) electrons. The minimum atomic E-state index is -0.0707. The topological polar surface area (TPSA) is 50.2 Å². The van der Waals surface area contributed by atoms with Crippen LogP contribution in [-0.2, 0) is 0 Å². The molecule has 1 N–H and O–H groups in total. The molecule has 0 aromatic carbocycles. The number of piperidine rings is 3. The third kappa shape index (κ3) is 2.45. The van der Waals surface area contributed by atoms with Crippen molar-refractivity contribution in [3.05, 3.63) is 42.4 Å². The van der Waals surface area contributed by atoms with Gasteiger partial charge in [-0.3, -0.25) is 9.55 Å². The highest BCUT2D eigenvalue weighted by Gasteiger charge is 2.38. The molecule has 2 aromatic rings. The summed E-state index contributed by atoms with van der Waals surface area (Å²) < 4.78 is 1.79. The van der Waals surface area contributed by atoms with Gasteiger partial charge in [0.15, 0.2) is 0 Å². The Balaban J connectivity index is 1.82. The smallest absolute Gasteiger partial charge is 0.325 e. The molecule has 5 heteroatoms. The molecule has 3 fully saturated rings. The molecule has 1 unspecified atom stereocenters. The van der Waals surface area contributed by atoms with Crippen LogP contribution in [0.5, 0.6) is 0 Å². The van der Waals surface area contributed by atoms with E-state index in [4.69, 9.17) is 0 Å². The fourth-order valence-electron chi connectivity index (χ4n) is 4.13. The lowest BCUT2D eigenvalue weighted by molar-refractivity contribution is 0.0848. The summed E-state index contributed by atoms with van der Waals surface area (Å²) in [5, 5.41) is 2.76. The van der Waals surface area contributed by atoms with Crippen molar-refractivity contribution >= 4 is 6.03 Å². The maximum absolute atomic E-state index is 12.3. The Bertz CT molecular complexity index is 701. The highest BCUT2D eigenvalue weighted by Crippen LogP contribution is 2.42. The molecule has 0 aliphatic carbocycles. The Labute approximate surface area is 136 Å². The maximum Gasteiger partial charge on any atom is 0.325 e. The van der Waals surface area contributed by atoms with Gasteiger partial charge >= 0.3 is 6.03 Å². The average Bonchev–Trinajstić information content (AvgIpc) is 3.07. The maximum atomic E-state index is 12.3. The number of hydrogen-bond acceptors (Lipinski definition) is 3. The first kappa shape index (κ1) is 14.5. The molecule has 0 spiro atoms. The lowest BCUT2D eigenvalue weighted by Gasteiger charge is -2.45. The van der Waals surface area contributed by atoms with Gasteiger partial charge in [0, 0.05) is 43.2 Å². The van der Waals surface area contributed by atoms with Crippen molar-refractivity contribution < 1.29 is 4.79 Å². The Hall–Kier alpha value is -2.14. The van der Waals surface area contributed by atoms with Crippen molar-refractivity contribution in [1.82, 2.24) is 19.8 Å². The molecule has 1 atom stereocenters. The van der Waals surface area contributed by atoms with Gasteiger partial charge in [0.25, 0.3) is 0 Å². The lowest BCUT2D eigenvalue weighted by atomic mass is 9.76. The third-order valence-electron chi connectivity index (χ3n) is 5.31. The van der Waals surface area contributed by atoms with Crippen molar-refractivity contribution in [2.75, 3.05) is 26.7 Å². The summed E-state index contributed by atoms with van der Waals surface area (Å²) in [5.74, 6) is 1.07. The molecule has 3 aliphatic rings. The van der Waals surface area contributed by atoms with Gasteiger partial charge in [-0.15, -0.1) is 0 Å². The van der Waals surface area contributed by atoms with Gasteiger partial charge < -0.3 is 10.2 Å². The second-order valence-electron chi connectivity index (χ2n) is 6.50. The van der Waals surface area contributed by atoms with Crippen molar-refractivity contribution in [2.45, 2.75) is 18.8 Å². The van der Waals surface area contributed by atoms with E-state index in [0.29, 0.717) is 11.8 Å². The van der Waals surface area contributed by atoms with Crippen LogP contribution in [-0.4, -0.2) is 47.2 Å². The van der Waals surface area contributed by atoms with E-state index < -0.39 is 0 Å². The van der Waals surface area contributed by atoms with Crippen molar-refractivity contribution in [2.24, 2.45) is 5.92 Å². The molecule has 5 heterocycles. The highest BCUT2D eigenvalue weighted by molar-refractivity contribution is 5.80. The molecule has 23 heavy (non-hydrogen) atoms. The van der Waals surface area contributed by atoms with Crippen LogP contribution in [0.4, 0.5) is 4.79 Å². The molecular weight excluding hydrogens is 288 g/mol. The predicted octanol–water partition coefficient (Wildman–Crippen LogP) is 2.55. The summed E-state index contributed by atoms with van der Waals surface area (Å²) in [6.07, 6.45) is 6.15. The average molecular weight is 310 g/mol. The summed E-state index contributed by atoms with van der Waals surface area (Å²) in [4.78, 5) is 19.4. The minimum Gasteiger partial charge on any atom is -0.340 e. The van der Waals surface area contributed by atoms with E-state index in [0.717, 1.165) is 23.5 Å². The standard InChI is InChI=1S/C18H22N4O/c1-19-18(23)22-11-7-14(16-4-2-3-8-20-16)17(22)15-12-21-9-5-13(15)6-10-21/h2-4,7-8,11,13,15H,5-6,9-10,12H2,1H3,(H,19,23). The molecule has 120 valence electrons. The van der Waals surface area contributed by atoms with Crippen LogP contribution >= 0.6 is 0 Å². The Morgan fingerprint density at radius 3 is 2.70 bits per heavy atom. The van der Waals surface area contributed by atoms with Crippen molar-refractivity contribution in [3.8, 4) is 11.3 Å². The number of nitrogens with one attached hydrogen (secondary N) is 1. The highest BCUT2D eigenvalue weighted by atomic mass is 16.2. The van der Waals surface area contributed by atoms with Crippen LogP contribution in [0.1, 0.15) is 24.5 Å². The summed E-state index contributed by atoms with van der Waals surface area (Å²) in [7, 11) is 1.68. The van der Waals surface area contributed by atoms with Gasteiger partial charge in [-0.25, -0.2) is 4.79 Å². The van der Waals surface area contributed by atoms with Crippen LogP contribution < -0.4 is 5.32 Å². The monoisotopic (exact) mass is 310 g/mol. The second-order valence-corrected chi connectivity index (χ2v) is 6.50. The largest absolute Gasteiger partial charge is 0.340 e. The molecule has 5 nitrogen and oxygen atoms in total. The van der Waals surface area contributed by atoms with Crippen LogP contribution in [0.15, 0.2) is 36.7 Å². The Kier molecular flexibility index (Phi) is 3.65. The molecule has 2 bridgehead atoms. The van der Waals surface area contributed by atoms with E-state index >= 15 is 0 Å². The van der Waals surface area contributed by atoms with E-state index in [9.17, 15) is 4.79 Å². The van der Waals surface area contributed by atoms with E-state index in [1.54, 1.807) is 11.6 Å². The van der Waals surface area contributed by atoms with E-state index in [1.807, 2.05) is 36.7 Å².